The van der Waals surface area contributed by atoms with Crippen LogP contribution in [0.4, 0.5) is 22.7 Å². The number of furan rings is 1. The monoisotopic (exact) mass is 562 g/mol. The molecule has 2 atom stereocenters. The SMILES string of the molecule is CCC1(CC)c2ccccc2N2c3cc(-c4cccc5c4oc4ccccc45)ccc3N(c3cc(C)cc(C)c3)C2C1C. The first-order valence-corrected chi connectivity index (χ1v) is 15.8. The zero-order chi connectivity index (χ0) is 29.5. The highest BCUT2D eigenvalue weighted by Gasteiger charge is 2.53. The summed E-state index contributed by atoms with van der Waals surface area (Å²) in [6, 6.07) is 38.1. The van der Waals surface area contributed by atoms with Crippen LogP contribution in [0.2, 0.25) is 0 Å². The van der Waals surface area contributed by atoms with Crippen LogP contribution in [0.3, 0.4) is 0 Å². The molecule has 2 unspecified atom stereocenters. The molecule has 3 nitrogen and oxygen atoms in total. The lowest BCUT2D eigenvalue weighted by Gasteiger charge is -2.52. The lowest BCUT2D eigenvalue weighted by atomic mass is 9.63. The number of fused-ring (bicyclic) bond motifs is 8. The summed E-state index contributed by atoms with van der Waals surface area (Å²) in [5.41, 5.74) is 13.5. The summed E-state index contributed by atoms with van der Waals surface area (Å²) in [6.45, 7) is 11.7. The summed E-state index contributed by atoms with van der Waals surface area (Å²) in [7, 11) is 0. The van der Waals surface area contributed by atoms with Crippen molar-refractivity contribution in [3.8, 4) is 11.1 Å². The van der Waals surface area contributed by atoms with Crippen LogP contribution in [0, 0.1) is 19.8 Å². The number of para-hydroxylation sites is 3. The average molecular weight is 563 g/mol. The zero-order valence-electron chi connectivity index (χ0n) is 25.7. The van der Waals surface area contributed by atoms with Gasteiger partial charge in [0.1, 0.15) is 17.3 Å². The first-order valence-electron chi connectivity index (χ1n) is 15.8. The number of anilines is 4. The smallest absolute Gasteiger partial charge is 0.143 e. The van der Waals surface area contributed by atoms with Gasteiger partial charge in [-0.15, -0.1) is 0 Å². The van der Waals surface area contributed by atoms with Gasteiger partial charge in [-0.3, -0.25) is 0 Å². The third kappa shape index (κ3) is 3.60. The molecule has 0 radical (unpaired) electrons. The molecule has 8 rings (SSSR count). The van der Waals surface area contributed by atoms with Crippen molar-refractivity contribution in [2.75, 3.05) is 9.80 Å². The van der Waals surface area contributed by atoms with E-state index >= 15 is 0 Å². The highest BCUT2D eigenvalue weighted by Crippen LogP contribution is 2.60. The van der Waals surface area contributed by atoms with Gasteiger partial charge in [0, 0.05) is 39.0 Å². The van der Waals surface area contributed by atoms with Crippen LogP contribution in [0.15, 0.2) is 108 Å². The van der Waals surface area contributed by atoms with Gasteiger partial charge in [-0.2, -0.15) is 0 Å². The summed E-state index contributed by atoms with van der Waals surface area (Å²) in [5, 5.41) is 2.33. The van der Waals surface area contributed by atoms with E-state index in [1.165, 1.54) is 45.0 Å². The van der Waals surface area contributed by atoms with Gasteiger partial charge in [0.2, 0.25) is 0 Å². The Labute approximate surface area is 254 Å². The molecule has 0 fully saturated rings. The highest BCUT2D eigenvalue weighted by molar-refractivity contribution is 6.10. The number of aryl methyl sites for hydroxylation is 2. The van der Waals surface area contributed by atoms with Crippen molar-refractivity contribution in [3.05, 3.63) is 120 Å². The molecular formula is C40H38N2O. The van der Waals surface area contributed by atoms with Gasteiger partial charge in [-0.25, -0.2) is 0 Å². The second kappa shape index (κ2) is 9.50. The Morgan fingerprint density at radius 2 is 1.40 bits per heavy atom. The molecule has 0 saturated carbocycles. The number of hydrogen-bond acceptors (Lipinski definition) is 3. The second-order valence-electron chi connectivity index (χ2n) is 12.7. The summed E-state index contributed by atoms with van der Waals surface area (Å²) < 4.78 is 6.49. The van der Waals surface area contributed by atoms with Crippen molar-refractivity contribution in [2.24, 2.45) is 5.92 Å². The lowest BCUT2D eigenvalue weighted by Crippen LogP contribution is -2.55. The summed E-state index contributed by atoms with van der Waals surface area (Å²) in [6.07, 6.45) is 2.40. The fourth-order valence-corrected chi connectivity index (χ4v) is 8.47. The fourth-order valence-electron chi connectivity index (χ4n) is 8.47. The van der Waals surface area contributed by atoms with Crippen LogP contribution in [-0.2, 0) is 5.41 Å². The molecule has 43 heavy (non-hydrogen) atoms. The van der Waals surface area contributed by atoms with Gasteiger partial charge in [-0.1, -0.05) is 87.5 Å². The fraction of sp³-hybridized carbons (Fsp3) is 0.250. The third-order valence-electron chi connectivity index (χ3n) is 10.5. The van der Waals surface area contributed by atoms with Crippen LogP contribution in [0.25, 0.3) is 33.1 Å². The van der Waals surface area contributed by atoms with Gasteiger partial charge in [0.15, 0.2) is 0 Å². The summed E-state index contributed by atoms with van der Waals surface area (Å²) in [4.78, 5) is 5.26. The van der Waals surface area contributed by atoms with Crippen LogP contribution in [-0.4, -0.2) is 6.17 Å². The number of nitrogens with zero attached hydrogens (tertiary/aromatic N) is 2. The minimum absolute atomic E-state index is 0.0968. The van der Waals surface area contributed by atoms with Crippen molar-refractivity contribution in [1.82, 2.24) is 0 Å². The number of benzene rings is 5. The van der Waals surface area contributed by atoms with Gasteiger partial charge >= 0.3 is 0 Å². The van der Waals surface area contributed by atoms with Crippen LogP contribution in [0.5, 0.6) is 0 Å². The molecule has 3 heterocycles. The maximum atomic E-state index is 6.49. The Morgan fingerprint density at radius 1 is 0.674 bits per heavy atom. The Balaban J connectivity index is 1.40. The molecule has 0 spiro atoms. The molecule has 5 aromatic carbocycles. The van der Waals surface area contributed by atoms with E-state index < -0.39 is 0 Å². The van der Waals surface area contributed by atoms with Gasteiger partial charge in [-0.05, 0) is 85.3 Å². The van der Waals surface area contributed by atoms with Crippen LogP contribution in [0.1, 0.15) is 50.3 Å². The predicted octanol–water partition coefficient (Wildman–Crippen LogP) is 11.2. The van der Waals surface area contributed by atoms with Crippen molar-refractivity contribution in [2.45, 2.75) is 59.0 Å². The molecule has 214 valence electrons. The summed E-state index contributed by atoms with van der Waals surface area (Å²) >= 11 is 0. The quantitative estimate of drug-likeness (QED) is 0.213. The summed E-state index contributed by atoms with van der Waals surface area (Å²) in [5.74, 6) is 0.396. The molecule has 1 aromatic heterocycles. The largest absolute Gasteiger partial charge is 0.455 e. The van der Waals surface area contributed by atoms with E-state index in [0.29, 0.717) is 5.92 Å². The van der Waals surface area contributed by atoms with E-state index in [9.17, 15) is 0 Å². The van der Waals surface area contributed by atoms with Crippen molar-refractivity contribution >= 4 is 44.7 Å². The Kier molecular flexibility index (Phi) is 5.78. The van der Waals surface area contributed by atoms with Gasteiger partial charge in [0.05, 0.1) is 11.4 Å². The predicted molar refractivity (Wildman–Crippen MR) is 181 cm³/mol. The van der Waals surface area contributed by atoms with E-state index in [2.05, 4.69) is 141 Å². The van der Waals surface area contributed by atoms with Crippen LogP contribution >= 0.6 is 0 Å². The molecule has 0 N–H and O–H groups in total. The van der Waals surface area contributed by atoms with Crippen molar-refractivity contribution in [1.29, 1.82) is 0 Å². The normalized spacial score (nSPS) is 18.6. The number of rotatable bonds is 4. The highest BCUT2D eigenvalue weighted by atomic mass is 16.3. The van der Waals surface area contributed by atoms with E-state index in [4.69, 9.17) is 4.42 Å². The molecule has 6 aromatic rings. The second-order valence-corrected chi connectivity index (χ2v) is 12.7. The van der Waals surface area contributed by atoms with Crippen LogP contribution < -0.4 is 9.80 Å². The maximum absolute atomic E-state index is 6.49. The van der Waals surface area contributed by atoms with E-state index in [-0.39, 0.29) is 11.6 Å². The first kappa shape index (κ1) is 26.2. The van der Waals surface area contributed by atoms with Crippen molar-refractivity contribution in [3.63, 3.8) is 0 Å². The Hall–Kier alpha value is -4.50. The minimum Gasteiger partial charge on any atom is -0.455 e. The molecule has 0 aliphatic carbocycles. The van der Waals surface area contributed by atoms with E-state index in [0.717, 1.165) is 40.3 Å². The molecule has 0 bridgehead atoms. The number of hydrogen-bond donors (Lipinski definition) is 0. The Morgan fingerprint density at radius 3 is 2.19 bits per heavy atom. The zero-order valence-corrected chi connectivity index (χ0v) is 25.7. The standard InChI is InChI=1S/C40H38N2O/c1-6-40(7-2)27(5)39-41(29-22-25(3)21-26(4)23-29)35-20-19-28(24-36(35)42(39)34-17-10-9-16-33(34)40)30-14-12-15-32-31-13-8-11-18-37(31)43-38(30)32/h8-24,27,39H,6-7H2,1-5H3. The molecule has 3 heteroatoms. The van der Waals surface area contributed by atoms with E-state index in [1.807, 2.05) is 6.07 Å². The van der Waals surface area contributed by atoms with E-state index in [1.54, 1.807) is 0 Å². The molecule has 0 amide bonds. The van der Waals surface area contributed by atoms with Gasteiger partial charge in [0.25, 0.3) is 0 Å². The maximum Gasteiger partial charge on any atom is 0.143 e. The van der Waals surface area contributed by atoms with Crippen molar-refractivity contribution < 1.29 is 4.42 Å². The van der Waals surface area contributed by atoms with Gasteiger partial charge < -0.3 is 14.2 Å². The first-order chi connectivity index (χ1) is 20.9. The minimum atomic E-state index is 0.0968. The molecule has 0 saturated heterocycles. The Bertz CT molecular complexity index is 2010. The average Bonchev–Trinajstić information content (AvgIpc) is 3.57. The lowest BCUT2D eigenvalue weighted by molar-refractivity contribution is 0.219. The topological polar surface area (TPSA) is 19.6 Å². The molecule has 2 aliphatic rings. The third-order valence-corrected chi connectivity index (χ3v) is 10.5. The molecular weight excluding hydrogens is 524 g/mol. The molecule has 2 aliphatic heterocycles.